The van der Waals surface area contributed by atoms with Gasteiger partial charge in [-0.15, -0.1) is 0 Å². The van der Waals surface area contributed by atoms with Gasteiger partial charge in [-0.2, -0.15) is 0 Å². The van der Waals surface area contributed by atoms with Gasteiger partial charge in [-0.3, -0.25) is 0 Å². The van der Waals surface area contributed by atoms with Gasteiger partial charge in [0.05, 0.1) is 5.25 Å². The molecule has 0 aromatic heterocycles. The standard InChI is InChI=1S/C8H19NO3S/c1-8(2)13(10,11)9-6-4-5-7-12-3/h8-9H,4-7H2,1-3H3. The van der Waals surface area contributed by atoms with Gasteiger partial charge in [-0.05, 0) is 26.7 Å². The van der Waals surface area contributed by atoms with Crippen LogP contribution in [0, 0.1) is 0 Å². The first-order valence-corrected chi connectivity index (χ1v) is 6.02. The zero-order chi connectivity index (χ0) is 10.3. The van der Waals surface area contributed by atoms with Crippen LogP contribution >= 0.6 is 0 Å². The molecule has 0 aliphatic heterocycles. The summed E-state index contributed by atoms with van der Waals surface area (Å²) >= 11 is 0. The minimum absolute atomic E-state index is 0.352. The van der Waals surface area contributed by atoms with Crippen LogP contribution in [0.2, 0.25) is 0 Å². The van der Waals surface area contributed by atoms with Crippen molar-refractivity contribution in [1.29, 1.82) is 0 Å². The van der Waals surface area contributed by atoms with Crippen LogP contribution in [0.3, 0.4) is 0 Å². The largest absolute Gasteiger partial charge is 0.385 e. The average Bonchev–Trinajstić information content (AvgIpc) is 2.03. The summed E-state index contributed by atoms with van der Waals surface area (Å²) in [6, 6.07) is 0. The molecular weight excluding hydrogens is 190 g/mol. The third-order valence-corrected chi connectivity index (χ3v) is 3.55. The van der Waals surface area contributed by atoms with Crippen molar-refractivity contribution in [2.24, 2.45) is 0 Å². The Hall–Kier alpha value is -0.130. The van der Waals surface area contributed by atoms with Gasteiger partial charge in [-0.1, -0.05) is 0 Å². The van der Waals surface area contributed by atoms with Crippen LogP contribution in [0.4, 0.5) is 0 Å². The predicted molar refractivity (Wildman–Crippen MR) is 53.2 cm³/mol. The first-order chi connectivity index (χ1) is 6.00. The number of unbranched alkanes of at least 4 members (excludes halogenated alkanes) is 1. The van der Waals surface area contributed by atoms with E-state index in [-0.39, 0.29) is 5.25 Å². The Labute approximate surface area is 80.7 Å². The summed E-state index contributed by atoms with van der Waals surface area (Å²) in [6.07, 6.45) is 1.71. The van der Waals surface area contributed by atoms with Gasteiger partial charge < -0.3 is 4.74 Å². The van der Waals surface area contributed by atoms with E-state index < -0.39 is 10.0 Å². The Kier molecular flexibility index (Phi) is 6.28. The van der Waals surface area contributed by atoms with E-state index in [9.17, 15) is 8.42 Å². The van der Waals surface area contributed by atoms with E-state index in [1.807, 2.05) is 0 Å². The van der Waals surface area contributed by atoms with Crippen molar-refractivity contribution in [3.8, 4) is 0 Å². The molecule has 0 unspecified atom stereocenters. The molecule has 0 saturated heterocycles. The van der Waals surface area contributed by atoms with Crippen LogP contribution < -0.4 is 4.72 Å². The van der Waals surface area contributed by atoms with Crippen molar-refractivity contribution in [3.05, 3.63) is 0 Å². The fourth-order valence-electron chi connectivity index (χ4n) is 0.752. The van der Waals surface area contributed by atoms with Crippen LogP contribution in [0.1, 0.15) is 26.7 Å². The molecule has 0 aromatic rings. The van der Waals surface area contributed by atoms with Crippen LogP contribution in [-0.4, -0.2) is 33.9 Å². The summed E-state index contributed by atoms with van der Waals surface area (Å²) in [5, 5.41) is -0.352. The first kappa shape index (κ1) is 12.9. The Bertz CT molecular complexity index is 211. The molecule has 5 heteroatoms. The quantitative estimate of drug-likeness (QED) is 0.629. The Morgan fingerprint density at radius 1 is 1.31 bits per heavy atom. The van der Waals surface area contributed by atoms with E-state index in [4.69, 9.17) is 4.74 Å². The van der Waals surface area contributed by atoms with Crippen molar-refractivity contribution < 1.29 is 13.2 Å². The highest BCUT2D eigenvalue weighted by molar-refractivity contribution is 7.90. The van der Waals surface area contributed by atoms with Gasteiger partial charge in [0.25, 0.3) is 0 Å². The zero-order valence-electron chi connectivity index (χ0n) is 8.54. The monoisotopic (exact) mass is 209 g/mol. The van der Waals surface area contributed by atoms with E-state index in [0.29, 0.717) is 13.2 Å². The fourth-order valence-corrected chi connectivity index (χ4v) is 1.51. The van der Waals surface area contributed by atoms with Gasteiger partial charge in [0, 0.05) is 20.3 Å². The molecule has 0 bridgehead atoms. The summed E-state index contributed by atoms with van der Waals surface area (Å²) < 4.78 is 29.8. The second kappa shape index (κ2) is 6.34. The number of ether oxygens (including phenoxy) is 1. The predicted octanol–water partition coefficient (Wildman–Crippen LogP) is 0.741. The molecule has 0 rings (SSSR count). The van der Waals surface area contributed by atoms with Crippen LogP contribution in [-0.2, 0) is 14.8 Å². The minimum atomic E-state index is -3.08. The van der Waals surface area contributed by atoms with Crippen LogP contribution in [0.25, 0.3) is 0 Å². The number of methoxy groups -OCH3 is 1. The number of nitrogens with one attached hydrogen (secondary N) is 1. The summed E-state index contributed by atoms with van der Waals surface area (Å²) in [5.41, 5.74) is 0. The smallest absolute Gasteiger partial charge is 0.213 e. The molecule has 4 nitrogen and oxygen atoms in total. The van der Waals surface area contributed by atoms with Crippen LogP contribution in [0.5, 0.6) is 0 Å². The maximum atomic E-state index is 11.2. The van der Waals surface area contributed by atoms with Gasteiger partial charge in [0.2, 0.25) is 10.0 Å². The van der Waals surface area contributed by atoms with Gasteiger partial charge in [0.1, 0.15) is 0 Å². The summed E-state index contributed by atoms with van der Waals surface area (Å²) in [7, 11) is -1.44. The molecule has 80 valence electrons. The van der Waals surface area contributed by atoms with E-state index in [2.05, 4.69) is 4.72 Å². The lowest BCUT2D eigenvalue weighted by Gasteiger charge is -2.08. The van der Waals surface area contributed by atoms with Gasteiger partial charge in [0.15, 0.2) is 0 Å². The molecule has 0 atom stereocenters. The third-order valence-electron chi connectivity index (χ3n) is 1.70. The molecule has 0 saturated carbocycles. The lowest BCUT2D eigenvalue weighted by Crippen LogP contribution is -2.31. The number of rotatable bonds is 7. The molecule has 0 radical (unpaired) electrons. The van der Waals surface area contributed by atoms with Gasteiger partial charge >= 0.3 is 0 Å². The molecule has 0 aromatic carbocycles. The summed E-state index contributed by atoms with van der Waals surface area (Å²) in [5.74, 6) is 0. The Morgan fingerprint density at radius 3 is 2.38 bits per heavy atom. The van der Waals surface area contributed by atoms with Crippen molar-refractivity contribution >= 4 is 10.0 Å². The highest BCUT2D eigenvalue weighted by atomic mass is 32.2. The second-order valence-electron chi connectivity index (χ2n) is 3.19. The normalized spacial score (nSPS) is 12.3. The minimum Gasteiger partial charge on any atom is -0.385 e. The highest BCUT2D eigenvalue weighted by Gasteiger charge is 2.13. The fraction of sp³-hybridized carbons (Fsp3) is 1.00. The Morgan fingerprint density at radius 2 is 1.92 bits per heavy atom. The van der Waals surface area contributed by atoms with Crippen molar-refractivity contribution in [3.63, 3.8) is 0 Å². The topological polar surface area (TPSA) is 55.4 Å². The lowest BCUT2D eigenvalue weighted by molar-refractivity contribution is 0.193. The molecule has 13 heavy (non-hydrogen) atoms. The maximum Gasteiger partial charge on any atom is 0.213 e. The SMILES string of the molecule is COCCCCNS(=O)(=O)C(C)C. The summed E-state index contributed by atoms with van der Waals surface area (Å²) in [6.45, 7) is 4.52. The molecular formula is C8H19NO3S. The average molecular weight is 209 g/mol. The second-order valence-corrected chi connectivity index (χ2v) is 5.51. The van der Waals surface area contributed by atoms with Crippen molar-refractivity contribution in [1.82, 2.24) is 4.72 Å². The first-order valence-electron chi connectivity index (χ1n) is 4.48. The maximum absolute atomic E-state index is 11.2. The van der Waals surface area contributed by atoms with E-state index in [1.54, 1.807) is 21.0 Å². The number of hydrogen-bond acceptors (Lipinski definition) is 3. The molecule has 0 heterocycles. The van der Waals surface area contributed by atoms with Crippen LogP contribution in [0.15, 0.2) is 0 Å². The Balaban J connectivity index is 3.53. The van der Waals surface area contributed by atoms with Gasteiger partial charge in [-0.25, -0.2) is 13.1 Å². The highest BCUT2D eigenvalue weighted by Crippen LogP contribution is 1.96. The lowest BCUT2D eigenvalue weighted by atomic mass is 10.3. The number of sulfonamides is 1. The third kappa shape index (κ3) is 6.01. The van der Waals surface area contributed by atoms with E-state index in [1.165, 1.54) is 0 Å². The molecule has 0 aliphatic rings. The van der Waals surface area contributed by atoms with Crippen molar-refractivity contribution in [2.75, 3.05) is 20.3 Å². The molecule has 0 spiro atoms. The molecule has 0 fully saturated rings. The molecule has 0 aliphatic carbocycles. The van der Waals surface area contributed by atoms with Crippen molar-refractivity contribution in [2.45, 2.75) is 31.9 Å². The molecule has 0 amide bonds. The zero-order valence-corrected chi connectivity index (χ0v) is 9.36. The van der Waals surface area contributed by atoms with E-state index >= 15 is 0 Å². The summed E-state index contributed by atoms with van der Waals surface area (Å²) in [4.78, 5) is 0. The molecule has 1 N–H and O–H groups in total. The van der Waals surface area contributed by atoms with E-state index in [0.717, 1.165) is 12.8 Å². The number of hydrogen-bond donors (Lipinski definition) is 1.